The Bertz CT molecular complexity index is 672. The molecule has 0 saturated heterocycles. The van der Waals surface area contributed by atoms with Crippen LogP contribution in [0.25, 0.3) is 0 Å². The first-order valence-corrected chi connectivity index (χ1v) is 7.67. The van der Waals surface area contributed by atoms with E-state index >= 15 is 0 Å². The van der Waals surface area contributed by atoms with E-state index in [4.69, 9.17) is 10.5 Å². The molecule has 0 spiro atoms. The summed E-state index contributed by atoms with van der Waals surface area (Å²) >= 11 is 3.34. The van der Waals surface area contributed by atoms with E-state index in [-0.39, 0.29) is 18.9 Å². The number of nitrogens with one attached hydrogen (secondary N) is 2. The van der Waals surface area contributed by atoms with E-state index in [2.05, 4.69) is 26.6 Å². The number of carbonyl (C=O) groups is 2. The molecule has 0 fully saturated rings. The Kier molecular flexibility index (Phi) is 5.99. The quantitative estimate of drug-likeness (QED) is 0.720. The maximum absolute atomic E-state index is 11.8. The van der Waals surface area contributed by atoms with Gasteiger partial charge in [0, 0.05) is 15.8 Å². The highest BCUT2D eigenvalue weighted by Gasteiger charge is 2.04. The monoisotopic (exact) mass is 377 g/mol. The largest absolute Gasteiger partial charge is 0.493 e. The van der Waals surface area contributed by atoms with Crippen molar-refractivity contribution in [2.45, 2.75) is 6.42 Å². The summed E-state index contributed by atoms with van der Waals surface area (Å²) in [7, 11) is 0. The molecule has 0 unspecified atom stereocenters. The van der Waals surface area contributed by atoms with Gasteiger partial charge in [0.15, 0.2) is 0 Å². The Morgan fingerprint density at radius 1 is 0.957 bits per heavy atom. The number of nitrogens with two attached hydrogens (primary N) is 1. The van der Waals surface area contributed by atoms with Gasteiger partial charge >= 0.3 is 6.03 Å². The van der Waals surface area contributed by atoms with Crippen molar-refractivity contribution < 1.29 is 14.3 Å². The molecule has 4 N–H and O–H groups in total. The number of urea groups is 1. The molecule has 0 aliphatic heterocycles. The number of anilines is 2. The van der Waals surface area contributed by atoms with E-state index in [0.717, 1.165) is 4.47 Å². The predicted molar refractivity (Wildman–Crippen MR) is 92.5 cm³/mol. The van der Waals surface area contributed by atoms with Crippen molar-refractivity contribution in [3.05, 3.63) is 53.0 Å². The molecular weight excluding hydrogens is 362 g/mol. The van der Waals surface area contributed by atoms with Gasteiger partial charge in [-0.15, -0.1) is 0 Å². The van der Waals surface area contributed by atoms with Crippen LogP contribution in [0.2, 0.25) is 0 Å². The van der Waals surface area contributed by atoms with E-state index in [0.29, 0.717) is 17.1 Å². The Labute approximate surface area is 142 Å². The van der Waals surface area contributed by atoms with Crippen LogP contribution >= 0.6 is 15.9 Å². The number of halogens is 1. The number of amides is 3. The van der Waals surface area contributed by atoms with Crippen molar-refractivity contribution in [3.8, 4) is 5.75 Å². The lowest BCUT2D eigenvalue weighted by atomic mass is 10.2. The molecule has 2 aromatic carbocycles. The van der Waals surface area contributed by atoms with Crippen molar-refractivity contribution >= 4 is 39.2 Å². The highest BCUT2D eigenvalue weighted by atomic mass is 79.9. The lowest BCUT2D eigenvalue weighted by Gasteiger charge is -2.08. The van der Waals surface area contributed by atoms with Crippen molar-refractivity contribution in [1.82, 2.24) is 0 Å². The highest BCUT2D eigenvalue weighted by Crippen LogP contribution is 2.16. The van der Waals surface area contributed by atoms with Crippen LogP contribution < -0.4 is 21.1 Å². The van der Waals surface area contributed by atoms with Gasteiger partial charge in [-0.05, 0) is 48.5 Å². The number of rotatable bonds is 6. The minimum absolute atomic E-state index is 0.155. The van der Waals surface area contributed by atoms with Crippen molar-refractivity contribution in [2.75, 3.05) is 17.2 Å². The summed E-state index contributed by atoms with van der Waals surface area (Å²) in [4.78, 5) is 22.5. The lowest BCUT2D eigenvalue weighted by Crippen LogP contribution is -2.19. The molecule has 0 aliphatic rings. The molecule has 0 aromatic heterocycles. The third-order valence-electron chi connectivity index (χ3n) is 2.85. The first-order valence-electron chi connectivity index (χ1n) is 6.87. The molecule has 0 atom stereocenters. The molecule has 120 valence electrons. The van der Waals surface area contributed by atoms with E-state index in [9.17, 15) is 9.59 Å². The van der Waals surface area contributed by atoms with Crippen LogP contribution in [0.5, 0.6) is 5.75 Å². The van der Waals surface area contributed by atoms with Crippen LogP contribution in [0.15, 0.2) is 53.0 Å². The zero-order valence-electron chi connectivity index (χ0n) is 12.2. The molecule has 2 aromatic rings. The number of hydrogen-bond donors (Lipinski definition) is 3. The average molecular weight is 378 g/mol. The number of carbonyl (C=O) groups excluding carboxylic acids is 2. The second-order valence-electron chi connectivity index (χ2n) is 4.67. The maximum atomic E-state index is 11.8. The zero-order chi connectivity index (χ0) is 16.7. The van der Waals surface area contributed by atoms with Gasteiger partial charge in [0.25, 0.3) is 0 Å². The first kappa shape index (κ1) is 16.8. The highest BCUT2D eigenvalue weighted by molar-refractivity contribution is 9.10. The fourth-order valence-electron chi connectivity index (χ4n) is 1.80. The van der Waals surface area contributed by atoms with Gasteiger partial charge in [-0.2, -0.15) is 0 Å². The van der Waals surface area contributed by atoms with Gasteiger partial charge in [-0.3, -0.25) is 4.79 Å². The standard InChI is InChI=1S/C16H16BrN3O3/c17-11-1-7-14(8-2-11)23-10-9-15(21)19-12-3-5-13(6-4-12)20-16(18)22/h1-8H,9-10H2,(H,19,21)(H3,18,20,22). The van der Waals surface area contributed by atoms with Crippen LogP contribution in [0.4, 0.5) is 16.2 Å². The van der Waals surface area contributed by atoms with Crippen molar-refractivity contribution in [3.63, 3.8) is 0 Å². The summed E-state index contributed by atoms with van der Waals surface area (Å²) in [5.41, 5.74) is 6.22. The molecule has 2 rings (SSSR count). The van der Waals surface area contributed by atoms with E-state index in [1.165, 1.54) is 0 Å². The molecule has 0 heterocycles. The minimum atomic E-state index is -0.633. The molecular formula is C16H16BrN3O3. The summed E-state index contributed by atoms with van der Waals surface area (Å²) < 4.78 is 6.46. The molecule has 0 aliphatic carbocycles. The smallest absolute Gasteiger partial charge is 0.316 e. The molecule has 0 bridgehead atoms. The van der Waals surface area contributed by atoms with Gasteiger partial charge < -0.3 is 21.1 Å². The molecule has 0 saturated carbocycles. The molecule has 6 nitrogen and oxygen atoms in total. The Morgan fingerprint density at radius 2 is 1.52 bits per heavy atom. The second kappa shape index (κ2) is 8.19. The average Bonchev–Trinajstić information content (AvgIpc) is 2.51. The first-order chi connectivity index (χ1) is 11.0. The Hall–Kier alpha value is -2.54. The zero-order valence-corrected chi connectivity index (χ0v) is 13.8. The summed E-state index contributed by atoms with van der Waals surface area (Å²) in [5.74, 6) is 0.556. The topological polar surface area (TPSA) is 93.5 Å². The number of primary amides is 1. The molecule has 3 amide bonds. The molecule has 7 heteroatoms. The number of benzene rings is 2. The van der Waals surface area contributed by atoms with Crippen LogP contribution in [0.1, 0.15) is 6.42 Å². The van der Waals surface area contributed by atoms with Crippen LogP contribution in [-0.2, 0) is 4.79 Å². The third kappa shape index (κ3) is 5.99. The fraction of sp³-hybridized carbons (Fsp3) is 0.125. The van der Waals surface area contributed by atoms with Gasteiger partial charge in [0.2, 0.25) is 5.91 Å². The maximum Gasteiger partial charge on any atom is 0.316 e. The predicted octanol–water partition coefficient (Wildman–Crippen LogP) is 3.35. The van der Waals surface area contributed by atoms with E-state index < -0.39 is 6.03 Å². The van der Waals surface area contributed by atoms with Crippen LogP contribution in [0, 0.1) is 0 Å². The molecule has 23 heavy (non-hydrogen) atoms. The minimum Gasteiger partial charge on any atom is -0.493 e. The Morgan fingerprint density at radius 3 is 2.09 bits per heavy atom. The van der Waals surface area contributed by atoms with Gasteiger partial charge in [-0.1, -0.05) is 15.9 Å². The lowest BCUT2D eigenvalue weighted by molar-refractivity contribution is -0.116. The summed E-state index contributed by atoms with van der Waals surface area (Å²) in [6, 6.07) is 13.4. The SMILES string of the molecule is NC(=O)Nc1ccc(NC(=O)CCOc2ccc(Br)cc2)cc1. The van der Waals surface area contributed by atoms with Gasteiger partial charge in [0.05, 0.1) is 13.0 Å². The van der Waals surface area contributed by atoms with E-state index in [1.54, 1.807) is 24.3 Å². The second-order valence-corrected chi connectivity index (χ2v) is 5.58. The normalized spacial score (nSPS) is 9.96. The third-order valence-corrected chi connectivity index (χ3v) is 3.38. The Balaban J connectivity index is 1.76. The summed E-state index contributed by atoms with van der Waals surface area (Å²) in [6.45, 7) is 0.286. The van der Waals surface area contributed by atoms with Gasteiger partial charge in [0.1, 0.15) is 5.75 Å². The fourth-order valence-corrected chi connectivity index (χ4v) is 2.06. The number of ether oxygens (including phenoxy) is 1. The van der Waals surface area contributed by atoms with E-state index in [1.807, 2.05) is 24.3 Å². The molecule has 0 radical (unpaired) electrons. The van der Waals surface area contributed by atoms with Crippen molar-refractivity contribution in [1.29, 1.82) is 0 Å². The number of hydrogen-bond acceptors (Lipinski definition) is 3. The van der Waals surface area contributed by atoms with Crippen LogP contribution in [0.3, 0.4) is 0 Å². The summed E-state index contributed by atoms with van der Waals surface area (Å²) in [6.07, 6.45) is 0.233. The summed E-state index contributed by atoms with van der Waals surface area (Å²) in [5, 5.41) is 5.19. The van der Waals surface area contributed by atoms with Gasteiger partial charge in [-0.25, -0.2) is 4.79 Å². The van der Waals surface area contributed by atoms with Crippen molar-refractivity contribution in [2.24, 2.45) is 5.73 Å². The van der Waals surface area contributed by atoms with Crippen LogP contribution in [-0.4, -0.2) is 18.5 Å².